The van der Waals surface area contributed by atoms with Crippen LogP contribution in [0.1, 0.15) is 37.6 Å². The SMILES string of the molecule is CCOC(C)(CC)C(=O)c1ccc(OC)c(Br)c1OC. The lowest BCUT2D eigenvalue weighted by Gasteiger charge is -2.27. The maximum atomic E-state index is 12.8. The molecule has 0 saturated carbocycles. The van der Waals surface area contributed by atoms with Crippen molar-refractivity contribution < 1.29 is 19.0 Å². The van der Waals surface area contributed by atoms with Gasteiger partial charge in [0, 0.05) is 6.61 Å². The second-order valence-electron chi connectivity index (χ2n) is 4.51. The lowest BCUT2D eigenvalue weighted by Crippen LogP contribution is -2.38. The van der Waals surface area contributed by atoms with Crippen LogP contribution in [-0.4, -0.2) is 32.2 Å². The third-order valence-corrected chi connectivity index (χ3v) is 4.10. The largest absolute Gasteiger partial charge is 0.495 e. The lowest BCUT2D eigenvalue weighted by atomic mass is 9.91. The molecule has 0 N–H and O–H groups in total. The number of benzene rings is 1. The van der Waals surface area contributed by atoms with E-state index in [9.17, 15) is 4.79 Å². The molecule has 5 heteroatoms. The lowest BCUT2D eigenvalue weighted by molar-refractivity contribution is -0.0117. The van der Waals surface area contributed by atoms with Crippen molar-refractivity contribution in [3.8, 4) is 11.5 Å². The second-order valence-corrected chi connectivity index (χ2v) is 5.30. The summed E-state index contributed by atoms with van der Waals surface area (Å²) >= 11 is 3.41. The number of hydrogen-bond donors (Lipinski definition) is 0. The standard InChI is InChI=1S/C15H21BrO4/c1-6-15(3,20-7-2)14(17)10-8-9-11(18-4)12(16)13(10)19-5/h8-9H,6-7H2,1-5H3. The zero-order valence-electron chi connectivity index (χ0n) is 12.6. The molecule has 0 saturated heterocycles. The van der Waals surface area contributed by atoms with Crippen molar-refractivity contribution in [3.05, 3.63) is 22.2 Å². The molecule has 1 aromatic carbocycles. The van der Waals surface area contributed by atoms with Crippen LogP contribution in [0.15, 0.2) is 16.6 Å². The Morgan fingerprint density at radius 3 is 2.35 bits per heavy atom. The molecule has 0 aliphatic rings. The molecule has 0 bridgehead atoms. The molecular weight excluding hydrogens is 324 g/mol. The molecule has 0 aliphatic heterocycles. The zero-order chi connectivity index (χ0) is 15.3. The Bertz CT molecular complexity index is 487. The first kappa shape index (κ1) is 17.0. The monoisotopic (exact) mass is 344 g/mol. The molecule has 0 amide bonds. The van der Waals surface area contributed by atoms with Crippen molar-refractivity contribution >= 4 is 21.7 Å². The predicted octanol–water partition coefficient (Wildman–Crippen LogP) is 3.85. The minimum atomic E-state index is -0.851. The fourth-order valence-electron chi connectivity index (χ4n) is 2.01. The van der Waals surface area contributed by atoms with Crippen molar-refractivity contribution in [1.29, 1.82) is 0 Å². The Morgan fingerprint density at radius 2 is 1.90 bits per heavy atom. The van der Waals surface area contributed by atoms with Gasteiger partial charge in [0.1, 0.15) is 21.6 Å². The number of ketones is 1. The minimum absolute atomic E-state index is 0.0953. The average molecular weight is 345 g/mol. The van der Waals surface area contributed by atoms with Crippen LogP contribution in [0.25, 0.3) is 0 Å². The summed E-state index contributed by atoms with van der Waals surface area (Å²) in [5.41, 5.74) is -0.367. The van der Waals surface area contributed by atoms with Crippen LogP contribution in [0, 0.1) is 0 Å². The molecule has 0 aliphatic carbocycles. The number of methoxy groups -OCH3 is 2. The first-order valence-corrected chi connectivity index (χ1v) is 7.33. The minimum Gasteiger partial charge on any atom is -0.495 e. The maximum Gasteiger partial charge on any atom is 0.198 e. The van der Waals surface area contributed by atoms with Crippen LogP contribution in [0.5, 0.6) is 11.5 Å². The number of carbonyl (C=O) groups is 1. The van der Waals surface area contributed by atoms with Gasteiger partial charge in [0.05, 0.1) is 19.8 Å². The highest BCUT2D eigenvalue weighted by Gasteiger charge is 2.35. The molecule has 0 fully saturated rings. The molecule has 1 rings (SSSR count). The molecule has 112 valence electrons. The quantitative estimate of drug-likeness (QED) is 0.704. The number of hydrogen-bond acceptors (Lipinski definition) is 4. The molecule has 0 aromatic heterocycles. The molecule has 20 heavy (non-hydrogen) atoms. The summed E-state index contributed by atoms with van der Waals surface area (Å²) in [4.78, 5) is 12.8. The highest BCUT2D eigenvalue weighted by atomic mass is 79.9. The fraction of sp³-hybridized carbons (Fsp3) is 0.533. The average Bonchev–Trinajstić information content (AvgIpc) is 2.46. The number of rotatable bonds is 7. The smallest absolute Gasteiger partial charge is 0.198 e. The summed E-state index contributed by atoms with van der Waals surface area (Å²) in [6, 6.07) is 3.44. The van der Waals surface area contributed by atoms with E-state index in [2.05, 4.69) is 15.9 Å². The third kappa shape index (κ3) is 3.15. The van der Waals surface area contributed by atoms with Crippen LogP contribution >= 0.6 is 15.9 Å². The second kappa shape index (κ2) is 7.09. The van der Waals surface area contributed by atoms with Gasteiger partial charge in [-0.25, -0.2) is 0 Å². The van der Waals surface area contributed by atoms with Gasteiger partial charge in [0.2, 0.25) is 0 Å². The molecule has 4 nitrogen and oxygen atoms in total. The van der Waals surface area contributed by atoms with Gasteiger partial charge in [-0.2, -0.15) is 0 Å². The van der Waals surface area contributed by atoms with E-state index in [1.807, 2.05) is 13.8 Å². The molecule has 1 aromatic rings. The van der Waals surface area contributed by atoms with Gasteiger partial charge in [-0.05, 0) is 48.3 Å². The van der Waals surface area contributed by atoms with Gasteiger partial charge in [-0.1, -0.05) is 6.92 Å². The van der Waals surface area contributed by atoms with E-state index in [1.165, 1.54) is 7.11 Å². The molecule has 1 atom stereocenters. The molecular formula is C15H21BrO4. The van der Waals surface area contributed by atoms with Gasteiger partial charge >= 0.3 is 0 Å². The van der Waals surface area contributed by atoms with Crippen molar-refractivity contribution in [2.45, 2.75) is 32.8 Å². The van der Waals surface area contributed by atoms with Crippen LogP contribution in [0.3, 0.4) is 0 Å². The highest BCUT2D eigenvalue weighted by Crippen LogP contribution is 2.39. The molecule has 0 heterocycles. The van der Waals surface area contributed by atoms with Gasteiger partial charge in [-0.3, -0.25) is 4.79 Å². The van der Waals surface area contributed by atoms with Crippen molar-refractivity contribution in [3.63, 3.8) is 0 Å². The Hall–Kier alpha value is -1.07. The third-order valence-electron chi connectivity index (χ3n) is 3.35. The predicted molar refractivity (Wildman–Crippen MR) is 81.9 cm³/mol. The summed E-state index contributed by atoms with van der Waals surface area (Å²) in [6.45, 7) is 6.09. The van der Waals surface area contributed by atoms with Gasteiger partial charge in [0.15, 0.2) is 5.78 Å². The van der Waals surface area contributed by atoms with E-state index in [1.54, 1.807) is 26.2 Å². The molecule has 0 spiro atoms. The molecule has 0 radical (unpaired) electrons. The normalized spacial score (nSPS) is 13.7. The van der Waals surface area contributed by atoms with Gasteiger partial charge < -0.3 is 14.2 Å². The summed E-state index contributed by atoms with van der Waals surface area (Å²) in [6.07, 6.45) is 0.590. The van der Waals surface area contributed by atoms with E-state index in [0.29, 0.717) is 34.6 Å². The van der Waals surface area contributed by atoms with Crippen molar-refractivity contribution in [1.82, 2.24) is 0 Å². The highest BCUT2D eigenvalue weighted by molar-refractivity contribution is 9.10. The summed E-state index contributed by atoms with van der Waals surface area (Å²) < 4.78 is 16.8. The topological polar surface area (TPSA) is 44.8 Å². The first-order chi connectivity index (χ1) is 9.45. The molecule has 1 unspecified atom stereocenters. The zero-order valence-corrected chi connectivity index (χ0v) is 14.2. The van der Waals surface area contributed by atoms with E-state index >= 15 is 0 Å². The fourth-order valence-corrected chi connectivity index (χ4v) is 2.68. The van der Waals surface area contributed by atoms with Crippen molar-refractivity contribution in [2.24, 2.45) is 0 Å². The van der Waals surface area contributed by atoms with Crippen LogP contribution in [0.2, 0.25) is 0 Å². The summed E-state index contributed by atoms with van der Waals surface area (Å²) in [5.74, 6) is 0.990. The van der Waals surface area contributed by atoms with E-state index in [-0.39, 0.29) is 5.78 Å². The van der Waals surface area contributed by atoms with Gasteiger partial charge in [0.25, 0.3) is 0 Å². The number of halogens is 1. The number of ether oxygens (including phenoxy) is 3. The maximum absolute atomic E-state index is 12.8. The van der Waals surface area contributed by atoms with E-state index in [0.717, 1.165) is 0 Å². The Morgan fingerprint density at radius 1 is 1.25 bits per heavy atom. The van der Waals surface area contributed by atoms with E-state index < -0.39 is 5.60 Å². The Balaban J connectivity index is 3.32. The van der Waals surface area contributed by atoms with Crippen LogP contribution in [-0.2, 0) is 4.74 Å². The number of Topliss-reactive ketones (excluding diaryl/α,β-unsaturated/α-hetero) is 1. The Kier molecular flexibility index (Phi) is 6.02. The van der Waals surface area contributed by atoms with Gasteiger partial charge in [-0.15, -0.1) is 0 Å². The van der Waals surface area contributed by atoms with Crippen molar-refractivity contribution in [2.75, 3.05) is 20.8 Å². The number of carbonyl (C=O) groups excluding carboxylic acids is 1. The summed E-state index contributed by atoms with van der Waals surface area (Å²) in [5, 5.41) is 0. The summed E-state index contributed by atoms with van der Waals surface area (Å²) in [7, 11) is 3.09. The van der Waals surface area contributed by atoms with Crippen LogP contribution in [0.4, 0.5) is 0 Å². The first-order valence-electron chi connectivity index (χ1n) is 6.54. The van der Waals surface area contributed by atoms with Crippen LogP contribution < -0.4 is 9.47 Å². The van der Waals surface area contributed by atoms with E-state index in [4.69, 9.17) is 14.2 Å². The Labute approximate surface area is 128 Å².